The number of benzene rings is 1. The Balaban J connectivity index is 3.36. The lowest BCUT2D eigenvalue weighted by atomic mass is 10.1. The SMILES string of the molecule is C#CCN(C)C(=O)c1cc(C)ccc1S(N)(=O)=O. The van der Waals surface area contributed by atoms with E-state index in [1.54, 1.807) is 13.0 Å². The summed E-state index contributed by atoms with van der Waals surface area (Å²) in [5.41, 5.74) is 0.801. The van der Waals surface area contributed by atoms with Gasteiger partial charge in [-0.15, -0.1) is 6.42 Å². The quantitative estimate of drug-likeness (QED) is 0.801. The maximum atomic E-state index is 12.1. The lowest BCUT2D eigenvalue weighted by Crippen LogP contribution is -2.29. The zero-order valence-electron chi connectivity index (χ0n) is 10.2. The summed E-state index contributed by atoms with van der Waals surface area (Å²) in [7, 11) is -2.45. The molecular weight excluding hydrogens is 252 g/mol. The standard InChI is InChI=1S/C12H14N2O3S/c1-4-7-14(3)12(15)10-8-9(2)5-6-11(10)18(13,16)17/h1,5-6,8H,7H2,2-3H3,(H2,13,16,17). The molecular formula is C12H14N2O3S. The number of rotatable bonds is 3. The summed E-state index contributed by atoms with van der Waals surface area (Å²) < 4.78 is 22.8. The molecule has 1 rings (SSSR count). The van der Waals surface area contributed by atoms with Crippen molar-refractivity contribution in [2.45, 2.75) is 11.8 Å². The molecule has 1 aromatic carbocycles. The number of hydrogen-bond acceptors (Lipinski definition) is 3. The van der Waals surface area contributed by atoms with Crippen molar-refractivity contribution in [1.29, 1.82) is 0 Å². The fourth-order valence-electron chi connectivity index (χ4n) is 1.47. The van der Waals surface area contributed by atoms with Crippen molar-refractivity contribution in [2.75, 3.05) is 13.6 Å². The van der Waals surface area contributed by atoms with Crippen molar-refractivity contribution in [3.05, 3.63) is 29.3 Å². The van der Waals surface area contributed by atoms with E-state index in [2.05, 4.69) is 5.92 Å². The van der Waals surface area contributed by atoms with Gasteiger partial charge >= 0.3 is 0 Å². The summed E-state index contributed by atoms with van der Waals surface area (Å²) in [4.78, 5) is 13.1. The largest absolute Gasteiger partial charge is 0.331 e. The van der Waals surface area contributed by atoms with E-state index < -0.39 is 15.9 Å². The zero-order valence-corrected chi connectivity index (χ0v) is 11.0. The minimum absolute atomic E-state index is 0.0373. The monoisotopic (exact) mass is 266 g/mol. The van der Waals surface area contributed by atoms with Crippen LogP contribution in [0.3, 0.4) is 0 Å². The zero-order chi connectivity index (χ0) is 13.9. The van der Waals surface area contributed by atoms with Crippen LogP contribution in [0.5, 0.6) is 0 Å². The number of sulfonamides is 1. The second-order valence-electron chi connectivity index (χ2n) is 3.91. The fourth-order valence-corrected chi connectivity index (χ4v) is 2.18. The van der Waals surface area contributed by atoms with E-state index in [1.807, 2.05) is 0 Å². The minimum atomic E-state index is -3.94. The van der Waals surface area contributed by atoms with E-state index in [-0.39, 0.29) is 17.0 Å². The molecule has 0 spiro atoms. The average molecular weight is 266 g/mol. The Hall–Kier alpha value is -1.84. The highest BCUT2D eigenvalue weighted by atomic mass is 32.2. The second-order valence-corrected chi connectivity index (χ2v) is 5.44. The van der Waals surface area contributed by atoms with Gasteiger partial charge in [0.15, 0.2) is 0 Å². The highest BCUT2D eigenvalue weighted by Crippen LogP contribution is 2.17. The molecule has 0 atom stereocenters. The minimum Gasteiger partial charge on any atom is -0.331 e. The lowest BCUT2D eigenvalue weighted by Gasteiger charge is -2.16. The lowest BCUT2D eigenvalue weighted by molar-refractivity contribution is 0.0808. The summed E-state index contributed by atoms with van der Waals surface area (Å²) in [6, 6.07) is 4.38. The van der Waals surface area contributed by atoms with Crippen LogP contribution in [0.25, 0.3) is 0 Å². The molecule has 0 heterocycles. The number of terminal acetylenes is 1. The number of carbonyl (C=O) groups is 1. The molecule has 0 aliphatic rings. The molecule has 1 aromatic rings. The van der Waals surface area contributed by atoms with E-state index in [0.717, 1.165) is 5.56 Å². The number of nitrogens with two attached hydrogens (primary N) is 1. The molecule has 0 aliphatic carbocycles. The number of aryl methyl sites for hydroxylation is 1. The first-order valence-corrected chi connectivity index (χ1v) is 6.64. The Bertz CT molecular complexity index is 615. The number of carbonyl (C=O) groups excluding carboxylic acids is 1. The molecule has 0 fully saturated rings. The molecule has 0 radical (unpaired) electrons. The van der Waals surface area contributed by atoms with Gasteiger partial charge in [0.2, 0.25) is 10.0 Å². The van der Waals surface area contributed by atoms with Crippen LogP contribution in [-0.2, 0) is 10.0 Å². The first-order chi connectivity index (χ1) is 8.27. The number of nitrogens with zero attached hydrogens (tertiary/aromatic N) is 1. The predicted molar refractivity (Wildman–Crippen MR) is 68.3 cm³/mol. The maximum absolute atomic E-state index is 12.1. The topological polar surface area (TPSA) is 80.5 Å². The van der Waals surface area contributed by atoms with Crippen molar-refractivity contribution >= 4 is 15.9 Å². The van der Waals surface area contributed by atoms with Gasteiger partial charge in [-0.05, 0) is 19.1 Å². The van der Waals surface area contributed by atoms with Gasteiger partial charge in [0.05, 0.1) is 17.0 Å². The Kier molecular flexibility index (Phi) is 4.11. The molecule has 0 aliphatic heterocycles. The summed E-state index contributed by atoms with van der Waals surface area (Å²) in [5.74, 6) is 1.84. The van der Waals surface area contributed by atoms with Gasteiger partial charge in [-0.25, -0.2) is 13.6 Å². The first kappa shape index (κ1) is 14.2. The molecule has 0 aromatic heterocycles. The van der Waals surface area contributed by atoms with Crippen LogP contribution in [0.2, 0.25) is 0 Å². The van der Waals surface area contributed by atoms with E-state index >= 15 is 0 Å². The van der Waals surface area contributed by atoms with Gasteiger partial charge < -0.3 is 4.90 Å². The second kappa shape index (κ2) is 5.21. The van der Waals surface area contributed by atoms with Crippen LogP contribution in [0.1, 0.15) is 15.9 Å². The third-order valence-electron chi connectivity index (χ3n) is 2.35. The molecule has 0 saturated carbocycles. The molecule has 18 heavy (non-hydrogen) atoms. The van der Waals surface area contributed by atoms with Crippen molar-refractivity contribution in [3.63, 3.8) is 0 Å². The fraction of sp³-hybridized carbons (Fsp3) is 0.250. The van der Waals surface area contributed by atoms with Crippen molar-refractivity contribution < 1.29 is 13.2 Å². The van der Waals surface area contributed by atoms with Crippen molar-refractivity contribution in [3.8, 4) is 12.3 Å². The van der Waals surface area contributed by atoms with E-state index in [4.69, 9.17) is 11.6 Å². The molecule has 6 heteroatoms. The third kappa shape index (κ3) is 3.09. The maximum Gasteiger partial charge on any atom is 0.255 e. The summed E-state index contributed by atoms with van der Waals surface area (Å²) in [6.45, 7) is 1.85. The molecule has 0 bridgehead atoms. The van der Waals surface area contributed by atoms with Gasteiger partial charge in [-0.1, -0.05) is 17.6 Å². The predicted octanol–water partition coefficient (Wildman–Crippen LogP) is 0.348. The third-order valence-corrected chi connectivity index (χ3v) is 3.32. The van der Waals surface area contributed by atoms with Crippen LogP contribution in [0, 0.1) is 19.3 Å². The smallest absolute Gasteiger partial charge is 0.255 e. The van der Waals surface area contributed by atoms with E-state index in [0.29, 0.717) is 0 Å². The van der Waals surface area contributed by atoms with Crippen LogP contribution in [0.15, 0.2) is 23.1 Å². The number of amides is 1. The van der Waals surface area contributed by atoms with Crippen LogP contribution in [-0.4, -0.2) is 32.8 Å². The van der Waals surface area contributed by atoms with Crippen molar-refractivity contribution in [2.24, 2.45) is 5.14 Å². The summed E-state index contributed by atoms with van der Waals surface area (Å²) in [5, 5.41) is 5.08. The first-order valence-electron chi connectivity index (χ1n) is 5.09. The van der Waals surface area contributed by atoms with E-state index in [9.17, 15) is 13.2 Å². The Morgan fingerprint density at radius 1 is 1.50 bits per heavy atom. The summed E-state index contributed by atoms with van der Waals surface area (Å²) in [6.07, 6.45) is 5.11. The van der Waals surface area contributed by atoms with Gasteiger partial charge in [-0.2, -0.15) is 0 Å². The van der Waals surface area contributed by atoms with E-state index in [1.165, 1.54) is 24.1 Å². The van der Waals surface area contributed by atoms with Crippen LogP contribution < -0.4 is 5.14 Å². The molecule has 2 N–H and O–H groups in total. The average Bonchev–Trinajstić information content (AvgIpc) is 2.26. The molecule has 0 saturated heterocycles. The highest BCUT2D eigenvalue weighted by molar-refractivity contribution is 7.89. The van der Waals surface area contributed by atoms with Gasteiger partial charge in [-0.3, -0.25) is 4.79 Å². The molecule has 5 nitrogen and oxygen atoms in total. The highest BCUT2D eigenvalue weighted by Gasteiger charge is 2.21. The molecule has 0 unspecified atom stereocenters. The number of hydrogen-bond donors (Lipinski definition) is 1. The van der Waals surface area contributed by atoms with Crippen molar-refractivity contribution in [1.82, 2.24) is 4.90 Å². The number of primary sulfonamides is 1. The van der Waals surface area contributed by atoms with Gasteiger partial charge in [0.1, 0.15) is 0 Å². The Morgan fingerprint density at radius 2 is 2.11 bits per heavy atom. The molecule has 1 amide bonds. The van der Waals surface area contributed by atoms with Crippen LogP contribution >= 0.6 is 0 Å². The Labute approximate surface area is 107 Å². The normalized spacial score (nSPS) is 10.8. The summed E-state index contributed by atoms with van der Waals surface area (Å²) >= 11 is 0. The van der Waals surface area contributed by atoms with Gasteiger partial charge in [0, 0.05) is 7.05 Å². The van der Waals surface area contributed by atoms with Crippen LogP contribution in [0.4, 0.5) is 0 Å². The Morgan fingerprint density at radius 3 is 2.61 bits per heavy atom. The molecule has 96 valence electrons. The van der Waals surface area contributed by atoms with Gasteiger partial charge in [0.25, 0.3) is 5.91 Å².